The van der Waals surface area contributed by atoms with Crippen LogP contribution in [0.15, 0.2) is 45.6 Å². The van der Waals surface area contributed by atoms with Gasteiger partial charge in [-0.25, -0.2) is 9.37 Å². The number of aromatic nitrogens is 1. The van der Waals surface area contributed by atoms with Crippen LogP contribution in [0.2, 0.25) is 0 Å². The van der Waals surface area contributed by atoms with E-state index >= 15 is 0 Å². The summed E-state index contributed by atoms with van der Waals surface area (Å²) < 4.78 is 18.5. The summed E-state index contributed by atoms with van der Waals surface area (Å²) in [6.07, 6.45) is 3.85. The Morgan fingerprint density at radius 1 is 1.39 bits per heavy atom. The maximum Gasteiger partial charge on any atom is 0.249 e. The maximum absolute atomic E-state index is 12.9. The van der Waals surface area contributed by atoms with Gasteiger partial charge in [-0.1, -0.05) is 19.1 Å². The molecule has 5 nitrogen and oxygen atoms in total. The molecule has 0 saturated carbocycles. The summed E-state index contributed by atoms with van der Waals surface area (Å²) in [5, 5.41) is 17.8. The topological polar surface area (TPSA) is 82.5 Å². The molecule has 6 heteroatoms. The number of rotatable bonds is 6. The third-order valence-corrected chi connectivity index (χ3v) is 3.17. The Bertz CT molecular complexity index is 745. The predicted molar refractivity (Wildman–Crippen MR) is 87.4 cm³/mol. The van der Waals surface area contributed by atoms with Crippen LogP contribution >= 0.6 is 0 Å². The second-order valence-corrected chi connectivity index (χ2v) is 4.85. The predicted octanol–water partition coefficient (Wildman–Crippen LogP) is 4.15. The van der Waals surface area contributed by atoms with Crippen LogP contribution in [0.4, 0.5) is 4.39 Å². The first-order valence-electron chi connectivity index (χ1n) is 7.24. The van der Waals surface area contributed by atoms with Gasteiger partial charge in [0.05, 0.1) is 11.9 Å². The lowest BCUT2D eigenvalue weighted by molar-refractivity contribution is 0.436. The Labute approximate surface area is 133 Å². The Hall–Kier alpha value is -2.76. The van der Waals surface area contributed by atoms with Crippen LogP contribution in [0, 0.1) is 11.2 Å². The zero-order valence-corrected chi connectivity index (χ0v) is 13.0. The molecule has 0 radical (unpaired) electrons. The largest absolute Gasteiger partial charge is 0.504 e. The highest BCUT2D eigenvalue weighted by molar-refractivity contribution is 6.01. The fourth-order valence-corrected chi connectivity index (χ4v) is 1.96. The third kappa shape index (κ3) is 4.12. The average Bonchev–Trinajstić information content (AvgIpc) is 3.01. The SMILES string of the molecule is C/C=N\C(=C(\O)C(=N)CC)c1ncc(Cc2ccc(F)cc2)o1. The van der Waals surface area contributed by atoms with E-state index in [2.05, 4.69) is 9.98 Å². The van der Waals surface area contributed by atoms with Crippen molar-refractivity contribution >= 4 is 17.6 Å². The van der Waals surface area contributed by atoms with Crippen molar-refractivity contribution in [3.63, 3.8) is 0 Å². The molecule has 0 fully saturated rings. The number of allylic oxidation sites excluding steroid dienone is 1. The zero-order chi connectivity index (χ0) is 16.8. The Morgan fingerprint density at radius 3 is 2.70 bits per heavy atom. The summed E-state index contributed by atoms with van der Waals surface area (Å²) in [7, 11) is 0. The van der Waals surface area contributed by atoms with Gasteiger partial charge >= 0.3 is 0 Å². The van der Waals surface area contributed by atoms with Gasteiger partial charge in [-0.2, -0.15) is 0 Å². The second-order valence-electron chi connectivity index (χ2n) is 4.85. The van der Waals surface area contributed by atoms with Crippen LogP contribution in [0.3, 0.4) is 0 Å². The normalized spacial score (nSPS) is 12.5. The highest BCUT2D eigenvalue weighted by atomic mass is 19.1. The molecule has 120 valence electrons. The first-order valence-corrected chi connectivity index (χ1v) is 7.24. The number of halogens is 1. The van der Waals surface area contributed by atoms with E-state index in [-0.39, 0.29) is 28.9 Å². The van der Waals surface area contributed by atoms with Crippen molar-refractivity contribution in [3.8, 4) is 0 Å². The molecule has 0 saturated heterocycles. The fourth-order valence-electron chi connectivity index (χ4n) is 1.96. The van der Waals surface area contributed by atoms with E-state index in [0.717, 1.165) is 5.56 Å². The standard InChI is InChI=1S/C17H18FN3O2/c1-3-14(19)16(22)15(20-4-2)17-21-10-13(23-17)9-11-5-7-12(18)8-6-11/h4-8,10,19,22H,3,9H2,1-2H3/b16-15+,19-14?,20-4-. The van der Waals surface area contributed by atoms with E-state index in [4.69, 9.17) is 9.83 Å². The zero-order valence-electron chi connectivity index (χ0n) is 13.0. The summed E-state index contributed by atoms with van der Waals surface area (Å²) in [6, 6.07) is 6.10. The van der Waals surface area contributed by atoms with Crippen molar-refractivity contribution in [1.29, 1.82) is 5.41 Å². The Kier molecular flexibility index (Phi) is 5.41. The van der Waals surface area contributed by atoms with Crippen molar-refractivity contribution in [2.45, 2.75) is 26.7 Å². The summed E-state index contributed by atoms with van der Waals surface area (Å²) >= 11 is 0. The molecule has 2 aromatic rings. The molecule has 1 aromatic heterocycles. The van der Waals surface area contributed by atoms with Crippen molar-refractivity contribution in [3.05, 3.63) is 59.3 Å². The third-order valence-electron chi connectivity index (χ3n) is 3.17. The van der Waals surface area contributed by atoms with Gasteiger partial charge in [0.2, 0.25) is 5.89 Å². The van der Waals surface area contributed by atoms with Crippen LogP contribution in [0.1, 0.15) is 37.5 Å². The molecule has 0 atom stereocenters. The number of aliphatic imine (C=N–C) groups is 1. The second kappa shape index (κ2) is 7.49. The molecule has 0 amide bonds. The molecular formula is C17H18FN3O2. The molecule has 0 spiro atoms. The van der Waals surface area contributed by atoms with E-state index in [1.54, 1.807) is 26.0 Å². The van der Waals surface area contributed by atoms with Gasteiger partial charge in [0.1, 0.15) is 11.6 Å². The molecular weight excluding hydrogens is 297 g/mol. The Morgan fingerprint density at radius 2 is 2.09 bits per heavy atom. The van der Waals surface area contributed by atoms with Gasteiger partial charge in [-0.05, 0) is 31.0 Å². The monoisotopic (exact) mass is 315 g/mol. The number of benzene rings is 1. The molecule has 2 rings (SSSR count). The number of aliphatic hydroxyl groups is 1. The first kappa shape index (κ1) is 16.6. The van der Waals surface area contributed by atoms with Gasteiger partial charge in [0, 0.05) is 12.6 Å². The number of aliphatic hydroxyl groups excluding tert-OH is 1. The van der Waals surface area contributed by atoms with E-state index in [0.29, 0.717) is 18.6 Å². The lowest BCUT2D eigenvalue weighted by Crippen LogP contribution is -2.02. The van der Waals surface area contributed by atoms with E-state index in [1.165, 1.54) is 24.5 Å². The molecule has 1 heterocycles. The van der Waals surface area contributed by atoms with Crippen molar-refractivity contribution in [2.24, 2.45) is 4.99 Å². The minimum Gasteiger partial charge on any atom is -0.504 e. The smallest absolute Gasteiger partial charge is 0.249 e. The molecule has 23 heavy (non-hydrogen) atoms. The van der Waals surface area contributed by atoms with Crippen LogP contribution < -0.4 is 0 Å². The number of oxazole rings is 1. The first-order chi connectivity index (χ1) is 11.0. The highest BCUT2D eigenvalue weighted by Gasteiger charge is 2.16. The summed E-state index contributed by atoms with van der Waals surface area (Å²) in [6.45, 7) is 3.46. The average molecular weight is 315 g/mol. The summed E-state index contributed by atoms with van der Waals surface area (Å²) in [5.74, 6) is 0.167. The minimum absolute atomic E-state index is 0.0592. The van der Waals surface area contributed by atoms with Crippen LogP contribution in [0.5, 0.6) is 0 Å². The molecule has 1 aromatic carbocycles. The highest BCUT2D eigenvalue weighted by Crippen LogP contribution is 2.21. The summed E-state index contributed by atoms with van der Waals surface area (Å²) in [4.78, 5) is 8.17. The van der Waals surface area contributed by atoms with Crippen LogP contribution in [0.25, 0.3) is 5.70 Å². The maximum atomic E-state index is 12.9. The fraction of sp³-hybridized carbons (Fsp3) is 0.235. The number of hydrogen-bond donors (Lipinski definition) is 2. The van der Waals surface area contributed by atoms with E-state index in [9.17, 15) is 9.50 Å². The quantitative estimate of drug-likeness (QED) is 0.620. The molecule has 0 aliphatic carbocycles. The molecule has 2 N–H and O–H groups in total. The number of nitrogens with one attached hydrogen (secondary N) is 1. The number of nitrogens with zero attached hydrogens (tertiary/aromatic N) is 2. The van der Waals surface area contributed by atoms with Crippen molar-refractivity contribution in [1.82, 2.24) is 4.98 Å². The van der Waals surface area contributed by atoms with Gasteiger partial charge in [-0.3, -0.25) is 4.99 Å². The van der Waals surface area contributed by atoms with Crippen LogP contribution in [-0.4, -0.2) is 22.0 Å². The van der Waals surface area contributed by atoms with Gasteiger partial charge in [0.25, 0.3) is 0 Å². The Balaban J connectivity index is 2.28. The molecule has 0 aliphatic heterocycles. The lowest BCUT2D eigenvalue weighted by Gasteiger charge is -2.03. The van der Waals surface area contributed by atoms with Crippen molar-refractivity contribution < 1.29 is 13.9 Å². The van der Waals surface area contributed by atoms with Gasteiger partial charge < -0.3 is 14.9 Å². The summed E-state index contributed by atoms with van der Waals surface area (Å²) in [5.41, 5.74) is 1.07. The van der Waals surface area contributed by atoms with Gasteiger partial charge in [-0.15, -0.1) is 0 Å². The van der Waals surface area contributed by atoms with Crippen molar-refractivity contribution in [2.75, 3.05) is 0 Å². The van der Waals surface area contributed by atoms with Gasteiger partial charge in [0.15, 0.2) is 11.5 Å². The number of hydrogen-bond acceptors (Lipinski definition) is 5. The molecule has 0 unspecified atom stereocenters. The van der Waals surface area contributed by atoms with E-state index < -0.39 is 0 Å². The molecule has 0 bridgehead atoms. The molecule has 0 aliphatic rings. The lowest BCUT2D eigenvalue weighted by atomic mass is 10.1. The minimum atomic E-state index is -0.294. The van der Waals surface area contributed by atoms with Crippen LogP contribution in [-0.2, 0) is 6.42 Å². The van der Waals surface area contributed by atoms with E-state index in [1.807, 2.05) is 0 Å².